The van der Waals surface area contributed by atoms with Crippen LogP contribution >= 0.6 is 0 Å². The third-order valence-corrected chi connectivity index (χ3v) is 3.40. The van der Waals surface area contributed by atoms with Gasteiger partial charge in [0.15, 0.2) is 0 Å². The molecule has 0 bridgehead atoms. The first kappa shape index (κ1) is 16.1. The Morgan fingerprint density at radius 2 is 2.18 bits per heavy atom. The summed E-state index contributed by atoms with van der Waals surface area (Å²) in [5, 5.41) is 4.01. The average molecular weight is 302 g/mol. The summed E-state index contributed by atoms with van der Waals surface area (Å²) in [4.78, 5) is 22.4. The molecule has 0 aliphatic carbocycles. The molecule has 0 saturated heterocycles. The first-order valence-electron chi connectivity index (χ1n) is 7.52. The van der Waals surface area contributed by atoms with Crippen LogP contribution in [-0.4, -0.2) is 33.0 Å². The van der Waals surface area contributed by atoms with Gasteiger partial charge in [-0.3, -0.25) is 4.79 Å². The van der Waals surface area contributed by atoms with E-state index in [1.54, 1.807) is 18.1 Å². The highest BCUT2D eigenvalue weighted by atomic mass is 16.5. The van der Waals surface area contributed by atoms with Crippen LogP contribution in [0.3, 0.4) is 0 Å². The summed E-state index contributed by atoms with van der Waals surface area (Å²) in [6, 6.07) is 1.89. The number of carbonyl (C=O) groups is 1. The Labute approximate surface area is 130 Å². The fourth-order valence-electron chi connectivity index (χ4n) is 2.16. The average Bonchev–Trinajstić information content (AvgIpc) is 2.96. The Hall–Kier alpha value is -2.24. The molecule has 2 heterocycles. The van der Waals surface area contributed by atoms with Crippen LogP contribution in [-0.2, 0) is 13.0 Å². The number of aromatic nitrogens is 3. The van der Waals surface area contributed by atoms with Crippen molar-refractivity contribution in [1.82, 2.24) is 20.0 Å². The Kier molecular flexibility index (Phi) is 5.25. The maximum absolute atomic E-state index is 12.6. The zero-order valence-electron chi connectivity index (χ0n) is 13.5. The molecule has 0 unspecified atom stereocenters. The normalized spacial score (nSPS) is 11.0. The van der Waals surface area contributed by atoms with E-state index >= 15 is 0 Å². The van der Waals surface area contributed by atoms with Crippen molar-refractivity contribution in [3.05, 3.63) is 41.3 Å². The fraction of sp³-hybridized carbons (Fsp3) is 0.500. The highest BCUT2D eigenvalue weighted by Gasteiger charge is 2.18. The SMILES string of the molecule is CCCc1ncncc1C(=O)N(C)Cc1cc(C(C)C)on1. The Bertz CT molecular complexity index is 637. The van der Waals surface area contributed by atoms with E-state index < -0.39 is 0 Å². The lowest BCUT2D eigenvalue weighted by Gasteiger charge is -2.16. The monoisotopic (exact) mass is 302 g/mol. The number of hydrogen-bond acceptors (Lipinski definition) is 5. The standard InChI is InChI=1S/C16H22N4O2/c1-5-6-14-13(8-17-10-18-14)16(21)20(4)9-12-7-15(11(2)3)22-19-12/h7-8,10-11H,5-6,9H2,1-4H3. The van der Waals surface area contributed by atoms with E-state index in [4.69, 9.17) is 4.52 Å². The van der Waals surface area contributed by atoms with E-state index in [0.717, 1.165) is 30.0 Å². The summed E-state index contributed by atoms with van der Waals surface area (Å²) in [7, 11) is 1.74. The molecule has 0 aliphatic rings. The number of aryl methyl sites for hydroxylation is 1. The molecule has 2 aromatic heterocycles. The summed E-state index contributed by atoms with van der Waals surface area (Å²) in [5.41, 5.74) is 2.09. The van der Waals surface area contributed by atoms with Gasteiger partial charge in [0.05, 0.1) is 17.8 Å². The first-order chi connectivity index (χ1) is 10.5. The van der Waals surface area contributed by atoms with Crippen LogP contribution in [0.4, 0.5) is 0 Å². The molecule has 6 heteroatoms. The van der Waals surface area contributed by atoms with Crippen molar-refractivity contribution in [2.24, 2.45) is 0 Å². The van der Waals surface area contributed by atoms with E-state index in [1.165, 1.54) is 6.33 Å². The molecule has 0 atom stereocenters. The minimum atomic E-state index is -0.0989. The minimum absolute atomic E-state index is 0.0989. The van der Waals surface area contributed by atoms with Crippen LogP contribution < -0.4 is 0 Å². The van der Waals surface area contributed by atoms with Gasteiger partial charge in [-0.25, -0.2) is 9.97 Å². The third kappa shape index (κ3) is 3.69. The van der Waals surface area contributed by atoms with Crippen LogP contribution in [0.2, 0.25) is 0 Å². The number of carbonyl (C=O) groups excluding carboxylic acids is 1. The van der Waals surface area contributed by atoms with Crippen molar-refractivity contribution in [1.29, 1.82) is 0 Å². The number of nitrogens with zero attached hydrogens (tertiary/aromatic N) is 4. The van der Waals surface area contributed by atoms with Gasteiger partial charge in [0.1, 0.15) is 17.8 Å². The second kappa shape index (κ2) is 7.15. The molecule has 2 aromatic rings. The zero-order chi connectivity index (χ0) is 16.1. The van der Waals surface area contributed by atoms with Gasteiger partial charge in [0.2, 0.25) is 0 Å². The van der Waals surface area contributed by atoms with Crippen molar-refractivity contribution < 1.29 is 9.32 Å². The van der Waals surface area contributed by atoms with E-state index in [2.05, 4.69) is 22.0 Å². The van der Waals surface area contributed by atoms with Gasteiger partial charge in [0, 0.05) is 25.2 Å². The molecule has 6 nitrogen and oxygen atoms in total. The van der Waals surface area contributed by atoms with Crippen LogP contribution in [0.15, 0.2) is 23.1 Å². The maximum Gasteiger partial charge on any atom is 0.257 e. The van der Waals surface area contributed by atoms with Crippen LogP contribution in [0, 0.1) is 0 Å². The molecule has 0 fully saturated rings. The van der Waals surface area contributed by atoms with Gasteiger partial charge < -0.3 is 9.42 Å². The Balaban J connectivity index is 2.11. The van der Waals surface area contributed by atoms with Gasteiger partial charge in [-0.2, -0.15) is 0 Å². The predicted octanol–water partition coefficient (Wildman–Crippen LogP) is 2.81. The third-order valence-electron chi connectivity index (χ3n) is 3.40. The van der Waals surface area contributed by atoms with Gasteiger partial charge in [-0.1, -0.05) is 32.3 Å². The zero-order valence-corrected chi connectivity index (χ0v) is 13.5. The first-order valence-corrected chi connectivity index (χ1v) is 7.52. The molecule has 1 amide bonds. The van der Waals surface area contributed by atoms with Crippen LogP contribution in [0.1, 0.15) is 60.6 Å². The van der Waals surface area contributed by atoms with Crippen molar-refractivity contribution >= 4 is 5.91 Å². The minimum Gasteiger partial charge on any atom is -0.361 e. The Morgan fingerprint density at radius 1 is 1.41 bits per heavy atom. The lowest BCUT2D eigenvalue weighted by atomic mass is 10.1. The molecular formula is C16H22N4O2. The van der Waals surface area contributed by atoms with E-state index in [1.807, 2.05) is 19.9 Å². The maximum atomic E-state index is 12.6. The topological polar surface area (TPSA) is 72.1 Å². The highest BCUT2D eigenvalue weighted by Crippen LogP contribution is 2.17. The van der Waals surface area contributed by atoms with Gasteiger partial charge in [-0.05, 0) is 6.42 Å². The summed E-state index contributed by atoms with van der Waals surface area (Å²) >= 11 is 0. The largest absolute Gasteiger partial charge is 0.361 e. The second-order valence-corrected chi connectivity index (χ2v) is 5.67. The van der Waals surface area contributed by atoms with E-state index in [0.29, 0.717) is 12.1 Å². The molecule has 22 heavy (non-hydrogen) atoms. The lowest BCUT2D eigenvalue weighted by Crippen LogP contribution is -2.27. The smallest absolute Gasteiger partial charge is 0.257 e. The number of amides is 1. The van der Waals surface area contributed by atoms with E-state index in [-0.39, 0.29) is 11.8 Å². The molecule has 0 aliphatic heterocycles. The summed E-state index contributed by atoms with van der Waals surface area (Å²) in [5.74, 6) is 1.00. The van der Waals surface area contributed by atoms with Crippen molar-refractivity contribution in [2.75, 3.05) is 7.05 Å². The molecule has 0 N–H and O–H groups in total. The molecule has 0 radical (unpaired) electrons. The molecule has 0 saturated carbocycles. The number of hydrogen-bond donors (Lipinski definition) is 0. The Morgan fingerprint density at radius 3 is 2.82 bits per heavy atom. The summed E-state index contributed by atoms with van der Waals surface area (Å²) < 4.78 is 5.26. The molecule has 118 valence electrons. The van der Waals surface area contributed by atoms with Gasteiger partial charge >= 0.3 is 0 Å². The van der Waals surface area contributed by atoms with Crippen molar-refractivity contribution in [2.45, 2.75) is 46.1 Å². The van der Waals surface area contributed by atoms with Gasteiger partial charge in [0.25, 0.3) is 5.91 Å². The number of rotatable bonds is 6. The second-order valence-electron chi connectivity index (χ2n) is 5.67. The molecule has 0 aromatic carbocycles. The quantitative estimate of drug-likeness (QED) is 0.820. The predicted molar refractivity (Wildman–Crippen MR) is 82.4 cm³/mol. The van der Waals surface area contributed by atoms with Crippen LogP contribution in [0.25, 0.3) is 0 Å². The summed E-state index contributed by atoms with van der Waals surface area (Å²) in [6.45, 7) is 6.54. The highest BCUT2D eigenvalue weighted by molar-refractivity contribution is 5.94. The lowest BCUT2D eigenvalue weighted by molar-refractivity contribution is 0.0780. The molecule has 2 rings (SSSR count). The molecule has 0 spiro atoms. The fourth-order valence-corrected chi connectivity index (χ4v) is 2.16. The van der Waals surface area contributed by atoms with Crippen molar-refractivity contribution in [3.8, 4) is 0 Å². The van der Waals surface area contributed by atoms with Crippen LogP contribution in [0.5, 0.6) is 0 Å². The van der Waals surface area contributed by atoms with Crippen molar-refractivity contribution in [3.63, 3.8) is 0 Å². The van der Waals surface area contributed by atoms with E-state index in [9.17, 15) is 4.79 Å². The van der Waals surface area contributed by atoms with Gasteiger partial charge in [-0.15, -0.1) is 0 Å². The molecular weight excluding hydrogens is 280 g/mol. The summed E-state index contributed by atoms with van der Waals surface area (Å²) in [6.07, 6.45) is 4.76.